The molecule has 0 aromatic heterocycles. The molecule has 1 N–H and O–H groups in total. The number of esters is 1. The van der Waals surface area contributed by atoms with Crippen LogP contribution < -0.4 is 0 Å². The molecule has 0 fully saturated rings. The van der Waals surface area contributed by atoms with Gasteiger partial charge in [-0.05, 0) is 33.1 Å². The van der Waals surface area contributed by atoms with E-state index in [9.17, 15) is 14.7 Å². The normalized spacial score (nSPS) is 18.1. The lowest BCUT2D eigenvalue weighted by atomic mass is 9.90. The van der Waals surface area contributed by atoms with Crippen LogP contribution in [0.2, 0.25) is 0 Å². The van der Waals surface area contributed by atoms with Gasteiger partial charge in [0.2, 0.25) is 0 Å². The highest BCUT2D eigenvalue weighted by atomic mass is 16.6. The number of hydrogen-bond donors (Lipinski definition) is 1. The molecule has 0 radical (unpaired) electrons. The summed E-state index contributed by atoms with van der Waals surface area (Å²) in [5.41, 5.74) is -0.646. The molecule has 0 aromatic rings. The van der Waals surface area contributed by atoms with E-state index in [0.29, 0.717) is 6.42 Å². The topological polar surface area (TPSA) is 63.6 Å². The van der Waals surface area contributed by atoms with E-state index in [1.807, 2.05) is 0 Å². The molecule has 2 atom stereocenters. The molecule has 0 heterocycles. The average molecular weight is 261 g/mol. The van der Waals surface area contributed by atoms with E-state index < -0.39 is 30.3 Å². The van der Waals surface area contributed by atoms with Crippen LogP contribution in [-0.2, 0) is 14.3 Å². The fraction of sp³-hybridized carbons (Fsp3) is 0.857. The second-order valence-corrected chi connectivity index (χ2v) is 5.71. The number of hydrogen-bond acceptors (Lipinski definition) is 3. The van der Waals surface area contributed by atoms with Crippen molar-refractivity contribution in [3.63, 3.8) is 0 Å². The molecular weight excluding hydrogens is 232 g/mol. The number of carboxylic acid groups (broad SMARTS) is 1. The number of carbonyl (C=O) groups is 2. The first-order chi connectivity index (χ1) is 9.30. The first-order valence-corrected chi connectivity index (χ1v) is 6.25. The Morgan fingerprint density at radius 3 is 2.44 bits per heavy atom. The van der Waals surface area contributed by atoms with Crippen molar-refractivity contribution >= 4 is 11.9 Å². The highest BCUT2D eigenvalue weighted by Crippen LogP contribution is 2.21. The first-order valence-electron chi connectivity index (χ1n) is 7.75. The number of aliphatic carboxylic acids is 1. The summed E-state index contributed by atoms with van der Waals surface area (Å²) in [6, 6.07) is 0. The van der Waals surface area contributed by atoms with Crippen molar-refractivity contribution in [2.75, 3.05) is 0 Å². The zero-order valence-corrected chi connectivity index (χ0v) is 11.7. The number of ether oxygens (including phenoxy) is 1. The third kappa shape index (κ3) is 8.09. The maximum atomic E-state index is 11.7. The van der Waals surface area contributed by atoms with Gasteiger partial charge >= 0.3 is 11.9 Å². The molecule has 0 aliphatic rings. The third-order valence-corrected chi connectivity index (χ3v) is 2.51. The van der Waals surface area contributed by atoms with Gasteiger partial charge in [0, 0.05) is 4.11 Å². The molecule has 18 heavy (non-hydrogen) atoms. The highest BCUT2D eigenvalue weighted by Gasteiger charge is 2.26. The van der Waals surface area contributed by atoms with Gasteiger partial charge in [0.15, 0.2) is 0 Å². The van der Waals surface area contributed by atoms with Gasteiger partial charge in [-0.25, -0.2) is 0 Å². The summed E-state index contributed by atoms with van der Waals surface area (Å²) < 4.78 is 26.6. The molecule has 0 bridgehead atoms. The summed E-state index contributed by atoms with van der Waals surface area (Å²) in [6.07, 6.45) is 0.539. The Labute approximate surface area is 114 Å². The van der Waals surface area contributed by atoms with Gasteiger partial charge in [-0.1, -0.05) is 26.6 Å². The largest absolute Gasteiger partial charge is 0.481 e. The van der Waals surface area contributed by atoms with Crippen LogP contribution in [-0.4, -0.2) is 22.6 Å². The van der Waals surface area contributed by atoms with Crippen LogP contribution in [0.1, 0.15) is 64.3 Å². The summed E-state index contributed by atoms with van der Waals surface area (Å²) in [7, 11) is 0. The summed E-state index contributed by atoms with van der Waals surface area (Å²) in [5.74, 6) is -2.51. The van der Waals surface area contributed by atoms with Crippen LogP contribution in [0.15, 0.2) is 0 Å². The summed E-state index contributed by atoms with van der Waals surface area (Å²) in [6.45, 7) is 4.97. The molecular formula is C14H26O4. The van der Waals surface area contributed by atoms with E-state index >= 15 is 0 Å². The molecule has 0 saturated heterocycles. The smallest absolute Gasteiger partial charge is 0.307 e. The van der Waals surface area contributed by atoms with Crippen LogP contribution >= 0.6 is 0 Å². The SMILES string of the molecule is [2H]C([2H])([2H])CC[C@@H](C)C[C@@H](CC(=O)OC(C)(C)C)C(=O)O. The predicted octanol–water partition coefficient (Wildman–Crippen LogP) is 3.25. The molecule has 0 spiro atoms. The zero-order valence-electron chi connectivity index (χ0n) is 14.7. The Morgan fingerprint density at radius 2 is 2.00 bits per heavy atom. The molecule has 0 aromatic carbocycles. The van der Waals surface area contributed by atoms with E-state index in [2.05, 4.69) is 0 Å². The van der Waals surface area contributed by atoms with Crippen LogP contribution in [0.3, 0.4) is 0 Å². The van der Waals surface area contributed by atoms with Crippen molar-refractivity contribution < 1.29 is 23.5 Å². The predicted molar refractivity (Wildman–Crippen MR) is 70.3 cm³/mol. The minimum atomic E-state index is -2.00. The fourth-order valence-corrected chi connectivity index (χ4v) is 1.71. The molecule has 0 aliphatic heterocycles. The van der Waals surface area contributed by atoms with Gasteiger partial charge in [0.25, 0.3) is 0 Å². The van der Waals surface area contributed by atoms with Crippen molar-refractivity contribution in [2.45, 2.75) is 65.8 Å². The average Bonchev–Trinajstić information content (AvgIpc) is 2.21. The van der Waals surface area contributed by atoms with E-state index in [1.165, 1.54) is 0 Å². The lowest BCUT2D eigenvalue weighted by molar-refractivity contribution is -0.160. The number of carbonyl (C=O) groups excluding carboxylic acids is 1. The van der Waals surface area contributed by atoms with E-state index in [1.54, 1.807) is 27.7 Å². The number of rotatable bonds is 7. The molecule has 4 nitrogen and oxygen atoms in total. The molecule has 0 amide bonds. The second-order valence-electron chi connectivity index (χ2n) is 5.71. The summed E-state index contributed by atoms with van der Waals surface area (Å²) in [4.78, 5) is 22.9. The standard InChI is InChI=1S/C14H26O4/c1-6-7-10(2)8-11(13(16)17)9-12(15)18-14(3,4)5/h10-11H,6-9H2,1-5H3,(H,16,17)/t10-,11+/m1/s1/i1D3. The molecule has 0 rings (SSSR count). The van der Waals surface area contributed by atoms with Gasteiger partial charge in [0.1, 0.15) is 5.60 Å². The molecule has 4 heteroatoms. The van der Waals surface area contributed by atoms with Crippen molar-refractivity contribution in [1.82, 2.24) is 0 Å². The maximum absolute atomic E-state index is 11.7. The molecule has 106 valence electrons. The van der Waals surface area contributed by atoms with Gasteiger partial charge in [0.05, 0.1) is 12.3 Å². The fourth-order valence-electron chi connectivity index (χ4n) is 1.71. The Morgan fingerprint density at radius 1 is 1.39 bits per heavy atom. The Kier molecular flexibility index (Phi) is 4.93. The van der Waals surface area contributed by atoms with Crippen molar-refractivity contribution in [3.05, 3.63) is 0 Å². The minimum Gasteiger partial charge on any atom is -0.481 e. The molecule has 0 unspecified atom stereocenters. The van der Waals surface area contributed by atoms with Crippen molar-refractivity contribution in [3.8, 4) is 0 Å². The van der Waals surface area contributed by atoms with Crippen molar-refractivity contribution in [1.29, 1.82) is 0 Å². The van der Waals surface area contributed by atoms with E-state index in [0.717, 1.165) is 0 Å². The molecule has 0 aliphatic carbocycles. The van der Waals surface area contributed by atoms with Crippen LogP contribution in [0.4, 0.5) is 0 Å². The summed E-state index contributed by atoms with van der Waals surface area (Å²) in [5, 5.41) is 9.18. The van der Waals surface area contributed by atoms with Gasteiger partial charge in [-0.2, -0.15) is 0 Å². The maximum Gasteiger partial charge on any atom is 0.307 e. The Bertz CT molecular complexity index is 358. The Balaban J connectivity index is 4.43. The van der Waals surface area contributed by atoms with E-state index in [-0.39, 0.29) is 25.2 Å². The van der Waals surface area contributed by atoms with E-state index in [4.69, 9.17) is 8.85 Å². The lowest BCUT2D eigenvalue weighted by Crippen LogP contribution is -2.28. The third-order valence-electron chi connectivity index (χ3n) is 2.51. The van der Waals surface area contributed by atoms with Gasteiger partial charge < -0.3 is 9.84 Å². The monoisotopic (exact) mass is 261 g/mol. The van der Waals surface area contributed by atoms with Crippen LogP contribution in [0, 0.1) is 11.8 Å². The summed E-state index contributed by atoms with van der Waals surface area (Å²) >= 11 is 0. The Hall–Kier alpha value is -1.06. The molecule has 0 saturated carbocycles. The van der Waals surface area contributed by atoms with Gasteiger partial charge in [-0.3, -0.25) is 9.59 Å². The number of carboxylic acids is 1. The first kappa shape index (κ1) is 12.0. The van der Waals surface area contributed by atoms with Gasteiger partial charge in [-0.15, -0.1) is 0 Å². The van der Waals surface area contributed by atoms with Crippen LogP contribution in [0.25, 0.3) is 0 Å². The van der Waals surface area contributed by atoms with Crippen LogP contribution in [0.5, 0.6) is 0 Å². The zero-order chi connectivity index (χ0) is 16.8. The lowest BCUT2D eigenvalue weighted by Gasteiger charge is -2.22. The van der Waals surface area contributed by atoms with Crippen molar-refractivity contribution in [2.24, 2.45) is 11.8 Å². The minimum absolute atomic E-state index is 0.0486. The highest BCUT2D eigenvalue weighted by molar-refractivity contribution is 5.78. The second kappa shape index (κ2) is 7.39. The quantitative estimate of drug-likeness (QED) is 0.714.